The molecule has 0 N–H and O–H groups in total. The minimum atomic E-state index is -0.646. The number of fused-ring (bicyclic) bond motifs is 2. The van der Waals surface area contributed by atoms with Crippen LogP contribution in [0.2, 0.25) is 0 Å². The van der Waals surface area contributed by atoms with Crippen molar-refractivity contribution in [3.05, 3.63) is 47.0 Å². The molecule has 2 saturated heterocycles. The van der Waals surface area contributed by atoms with Gasteiger partial charge in [-0.15, -0.1) is 0 Å². The van der Waals surface area contributed by atoms with Crippen LogP contribution in [0.3, 0.4) is 0 Å². The van der Waals surface area contributed by atoms with E-state index in [0.717, 1.165) is 0 Å². The van der Waals surface area contributed by atoms with Gasteiger partial charge in [-0.3, -0.25) is 0 Å². The molecule has 2 heterocycles. The molecule has 2 aliphatic heterocycles. The van der Waals surface area contributed by atoms with E-state index in [0.29, 0.717) is 17.4 Å². The second-order valence-corrected chi connectivity index (χ2v) is 8.42. The molecule has 0 bridgehead atoms. The molecule has 5 atom stereocenters. The Balaban J connectivity index is 1.36. The topological polar surface area (TPSA) is 54.0 Å². The van der Waals surface area contributed by atoms with Crippen molar-refractivity contribution in [3.8, 4) is 0 Å². The average molecular weight is 370 g/mol. The molecule has 2 saturated carbocycles. The van der Waals surface area contributed by atoms with Crippen molar-refractivity contribution in [1.82, 2.24) is 0 Å². The summed E-state index contributed by atoms with van der Waals surface area (Å²) < 4.78 is 23.8. The van der Waals surface area contributed by atoms with Crippen molar-refractivity contribution in [2.24, 2.45) is 11.8 Å². The third-order valence-electron chi connectivity index (χ3n) is 6.17. The molecule has 27 heavy (non-hydrogen) atoms. The van der Waals surface area contributed by atoms with E-state index in [1.54, 1.807) is 12.1 Å². The summed E-state index contributed by atoms with van der Waals surface area (Å²) in [6.07, 6.45) is 4.23. The van der Waals surface area contributed by atoms with Crippen LogP contribution in [-0.4, -0.2) is 36.9 Å². The Morgan fingerprint density at radius 1 is 1.07 bits per heavy atom. The van der Waals surface area contributed by atoms with Gasteiger partial charge in [0.1, 0.15) is 18.8 Å². The molecule has 2 aliphatic carbocycles. The lowest BCUT2D eigenvalue weighted by atomic mass is 10.0. The predicted molar refractivity (Wildman–Crippen MR) is 97.9 cm³/mol. The van der Waals surface area contributed by atoms with Crippen molar-refractivity contribution >= 4 is 5.97 Å². The molecular weight excluding hydrogens is 344 g/mol. The number of hydrogen-bond acceptors (Lipinski definition) is 5. The number of allylic oxidation sites excluding steroid dienone is 1. The Labute approximate surface area is 159 Å². The molecule has 0 spiro atoms. The summed E-state index contributed by atoms with van der Waals surface area (Å²) in [5.41, 5.74) is 3.23. The first kappa shape index (κ1) is 17.4. The SMILES string of the molecule is CC1(C)O[C@H]2O[C@H](COC(=O)c3ccccc3)C(=C3C4CCCCC34)[C@H]2O1. The molecule has 4 fully saturated rings. The summed E-state index contributed by atoms with van der Waals surface area (Å²) in [6, 6.07) is 9.07. The average Bonchev–Trinajstić information content (AvgIpc) is 3.18. The van der Waals surface area contributed by atoms with Crippen LogP contribution in [0.1, 0.15) is 49.9 Å². The maximum absolute atomic E-state index is 12.3. The number of carbonyl (C=O) groups is 1. The van der Waals surface area contributed by atoms with Crippen molar-refractivity contribution in [2.75, 3.05) is 6.61 Å². The van der Waals surface area contributed by atoms with Crippen LogP contribution in [0.4, 0.5) is 0 Å². The molecule has 1 aromatic carbocycles. The molecule has 1 aromatic rings. The summed E-state index contributed by atoms with van der Waals surface area (Å²) in [6.45, 7) is 4.04. The van der Waals surface area contributed by atoms with E-state index in [1.807, 2.05) is 32.0 Å². The maximum atomic E-state index is 12.3. The first-order valence-corrected chi connectivity index (χ1v) is 10.0. The van der Waals surface area contributed by atoms with Gasteiger partial charge in [-0.05, 0) is 56.2 Å². The van der Waals surface area contributed by atoms with E-state index in [4.69, 9.17) is 18.9 Å². The number of ether oxygens (including phenoxy) is 4. The summed E-state index contributed by atoms with van der Waals surface area (Å²) in [5, 5.41) is 0. The highest BCUT2D eigenvalue weighted by Crippen LogP contribution is 2.59. The Hall–Kier alpha value is -1.69. The highest BCUT2D eigenvalue weighted by molar-refractivity contribution is 5.89. The lowest BCUT2D eigenvalue weighted by molar-refractivity contribution is -0.202. The molecule has 144 valence electrons. The summed E-state index contributed by atoms with van der Waals surface area (Å²) in [5.74, 6) is 0.356. The minimum absolute atomic E-state index is 0.180. The maximum Gasteiger partial charge on any atom is 0.338 e. The van der Waals surface area contributed by atoms with Crippen molar-refractivity contribution in [2.45, 2.75) is 63.8 Å². The lowest BCUT2D eigenvalue weighted by Crippen LogP contribution is -2.28. The van der Waals surface area contributed by atoms with Gasteiger partial charge >= 0.3 is 5.97 Å². The fourth-order valence-electron chi connectivity index (χ4n) is 5.00. The third-order valence-corrected chi connectivity index (χ3v) is 6.17. The number of hydrogen-bond donors (Lipinski definition) is 0. The molecule has 0 aromatic heterocycles. The fourth-order valence-corrected chi connectivity index (χ4v) is 5.00. The van der Waals surface area contributed by atoms with Crippen LogP contribution in [0, 0.1) is 11.8 Å². The van der Waals surface area contributed by atoms with Crippen molar-refractivity contribution < 1.29 is 23.7 Å². The van der Waals surface area contributed by atoms with Gasteiger partial charge < -0.3 is 18.9 Å². The van der Waals surface area contributed by atoms with Crippen LogP contribution >= 0.6 is 0 Å². The van der Waals surface area contributed by atoms with Crippen LogP contribution < -0.4 is 0 Å². The highest BCUT2D eigenvalue weighted by atomic mass is 16.8. The monoisotopic (exact) mass is 370 g/mol. The lowest BCUT2D eigenvalue weighted by Gasteiger charge is -2.22. The zero-order valence-corrected chi connectivity index (χ0v) is 15.9. The summed E-state index contributed by atoms with van der Waals surface area (Å²) in [7, 11) is 0. The van der Waals surface area contributed by atoms with E-state index in [9.17, 15) is 4.79 Å². The second-order valence-electron chi connectivity index (χ2n) is 8.42. The standard InChI is InChI=1S/C22H26O5/c1-22(2)26-19-18(17-14-10-6-7-11-15(14)17)16(25-21(19)27-22)12-24-20(23)13-8-4-3-5-9-13/h3-5,8-9,14-16,19,21H,6-7,10-12H2,1-2H3/t14?,15?,16-,19-,21-/m1/s1. The van der Waals surface area contributed by atoms with E-state index in [2.05, 4.69) is 0 Å². The Morgan fingerprint density at radius 2 is 1.78 bits per heavy atom. The molecule has 0 radical (unpaired) electrons. The molecule has 4 aliphatic rings. The molecule has 5 rings (SSSR count). The quantitative estimate of drug-likeness (QED) is 0.598. The first-order chi connectivity index (χ1) is 13.0. The summed E-state index contributed by atoms with van der Waals surface area (Å²) in [4.78, 5) is 12.3. The van der Waals surface area contributed by atoms with Gasteiger partial charge in [-0.25, -0.2) is 4.79 Å². The van der Waals surface area contributed by atoms with Gasteiger partial charge in [0.05, 0.1) is 5.56 Å². The zero-order chi connectivity index (χ0) is 18.6. The zero-order valence-electron chi connectivity index (χ0n) is 15.9. The summed E-state index contributed by atoms with van der Waals surface area (Å²) >= 11 is 0. The number of esters is 1. The van der Waals surface area contributed by atoms with Gasteiger partial charge in [0, 0.05) is 0 Å². The Kier molecular flexibility index (Phi) is 4.15. The van der Waals surface area contributed by atoms with Gasteiger partial charge in [0.25, 0.3) is 0 Å². The predicted octanol–water partition coefficient (Wildman–Crippen LogP) is 3.84. The van der Waals surface area contributed by atoms with Crippen molar-refractivity contribution in [1.29, 1.82) is 0 Å². The van der Waals surface area contributed by atoms with Crippen LogP contribution in [0.15, 0.2) is 41.5 Å². The number of carbonyl (C=O) groups excluding carboxylic acids is 1. The smallest absolute Gasteiger partial charge is 0.338 e. The Morgan fingerprint density at radius 3 is 2.48 bits per heavy atom. The third kappa shape index (κ3) is 3.12. The van der Waals surface area contributed by atoms with Gasteiger partial charge in [0.15, 0.2) is 12.1 Å². The highest BCUT2D eigenvalue weighted by Gasteiger charge is 2.57. The van der Waals surface area contributed by atoms with E-state index in [-0.39, 0.29) is 24.8 Å². The Bertz CT molecular complexity index is 754. The second kappa shape index (κ2) is 6.43. The van der Waals surface area contributed by atoms with E-state index in [1.165, 1.54) is 36.8 Å². The van der Waals surface area contributed by atoms with Gasteiger partial charge in [-0.2, -0.15) is 0 Å². The van der Waals surface area contributed by atoms with Gasteiger partial charge in [0.2, 0.25) is 0 Å². The van der Waals surface area contributed by atoms with Gasteiger partial charge in [-0.1, -0.05) is 36.6 Å². The molecule has 2 unspecified atom stereocenters. The van der Waals surface area contributed by atoms with Crippen LogP contribution in [0.5, 0.6) is 0 Å². The van der Waals surface area contributed by atoms with Crippen molar-refractivity contribution in [3.63, 3.8) is 0 Å². The molecule has 0 amide bonds. The fraction of sp³-hybridized carbons (Fsp3) is 0.591. The van der Waals surface area contributed by atoms with E-state index >= 15 is 0 Å². The number of rotatable bonds is 3. The van der Waals surface area contributed by atoms with E-state index < -0.39 is 12.1 Å². The largest absolute Gasteiger partial charge is 0.459 e. The van der Waals surface area contributed by atoms with Crippen LogP contribution in [-0.2, 0) is 18.9 Å². The normalized spacial score (nSPS) is 36.3. The van der Waals surface area contributed by atoms with Crippen LogP contribution in [0.25, 0.3) is 0 Å². The molecular formula is C22H26O5. The minimum Gasteiger partial charge on any atom is -0.459 e. The molecule has 5 heteroatoms. The molecule has 5 nitrogen and oxygen atoms in total. The first-order valence-electron chi connectivity index (χ1n) is 10.0. The number of benzene rings is 1.